The van der Waals surface area contributed by atoms with E-state index in [1.165, 1.54) is 164 Å². The minimum atomic E-state index is 1.24. The zero-order valence-corrected chi connectivity index (χ0v) is 36.9. The Hall–Kier alpha value is -8.84. The predicted molar refractivity (Wildman–Crippen MR) is 291 cm³/mol. The average molecular weight is 855 g/mol. The number of benzene rings is 14. The monoisotopic (exact) mass is 854 g/mol. The van der Waals surface area contributed by atoms with E-state index in [0.717, 1.165) is 0 Å². The largest absolute Gasteiger partial charge is 0.0622 e. The van der Waals surface area contributed by atoms with Crippen molar-refractivity contribution >= 4 is 75.4 Å². The molecule has 2 aliphatic rings. The van der Waals surface area contributed by atoms with E-state index in [9.17, 15) is 0 Å². The molecule has 0 saturated carbocycles. The summed E-state index contributed by atoms with van der Waals surface area (Å²) in [5, 5.41) is 18.5. The lowest BCUT2D eigenvalue weighted by atomic mass is 9.82. The van der Waals surface area contributed by atoms with Gasteiger partial charge in [-0.05, 0) is 177 Å². The Bertz CT molecular complexity index is 4210. The topological polar surface area (TPSA) is 0 Å². The fourth-order valence-electron chi connectivity index (χ4n) is 13.0. The van der Waals surface area contributed by atoms with E-state index in [2.05, 4.69) is 231 Å². The summed E-state index contributed by atoms with van der Waals surface area (Å²) in [5.74, 6) is 0. The Morgan fingerprint density at radius 1 is 0.147 bits per heavy atom. The van der Waals surface area contributed by atoms with Gasteiger partial charge in [-0.1, -0.05) is 218 Å². The molecule has 16 rings (SSSR count). The van der Waals surface area contributed by atoms with Gasteiger partial charge in [0.05, 0.1) is 0 Å². The van der Waals surface area contributed by atoms with Gasteiger partial charge >= 0.3 is 0 Å². The number of hydrogen-bond acceptors (Lipinski definition) is 0. The van der Waals surface area contributed by atoms with Crippen molar-refractivity contribution in [1.29, 1.82) is 0 Å². The number of rotatable bonds is 4. The molecule has 0 spiro atoms. The van der Waals surface area contributed by atoms with Crippen LogP contribution in [0.4, 0.5) is 0 Å². The third-order valence-electron chi connectivity index (χ3n) is 15.6. The molecule has 0 nitrogen and oxygen atoms in total. The molecule has 0 bridgehead atoms. The summed E-state index contributed by atoms with van der Waals surface area (Å²) in [7, 11) is 0. The molecule has 14 aromatic carbocycles. The first kappa shape index (κ1) is 36.4. The van der Waals surface area contributed by atoms with E-state index >= 15 is 0 Å². The van der Waals surface area contributed by atoms with E-state index in [1.807, 2.05) is 0 Å². The first-order valence-corrected chi connectivity index (χ1v) is 23.8. The highest BCUT2D eigenvalue weighted by Gasteiger charge is 2.33. The summed E-state index contributed by atoms with van der Waals surface area (Å²) in [6, 6.07) is 86.8. The predicted octanol–water partition coefficient (Wildman–Crippen LogP) is 19.2. The summed E-state index contributed by atoms with van der Waals surface area (Å²) in [6.45, 7) is 0. The minimum Gasteiger partial charge on any atom is -0.0622 e. The molecule has 68 heavy (non-hydrogen) atoms. The summed E-state index contributed by atoms with van der Waals surface area (Å²) in [5.41, 5.74) is 20.8. The van der Waals surface area contributed by atoms with Crippen LogP contribution in [-0.2, 0) is 0 Å². The highest BCUT2D eigenvalue weighted by molar-refractivity contribution is 6.41. The summed E-state index contributed by atoms with van der Waals surface area (Å²) in [6.07, 6.45) is 0. The van der Waals surface area contributed by atoms with Crippen LogP contribution < -0.4 is 0 Å². The molecular formula is C68H38. The SMILES string of the molecule is c1ccc(-c2c3c(c(-c4ccccc4)c4ccccc24)-c2ccc4c5ccc6c7c(ccc(c8ccc-3c2c84)c75)-c2cc3c(-c4ccccc4)c4ccccc4c(-c4ccccc4)c3cc2-6)cc1. The summed E-state index contributed by atoms with van der Waals surface area (Å²) < 4.78 is 0. The molecule has 0 aliphatic heterocycles. The molecule has 2 aliphatic carbocycles. The van der Waals surface area contributed by atoms with Gasteiger partial charge in [-0.25, -0.2) is 0 Å². The van der Waals surface area contributed by atoms with Crippen molar-refractivity contribution in [2.45, 2.75) is 0 Å². The normalized spacial score (nSPS) is 12.4. The van der Waals surface area contributed by atoms with Crippen LogP contribution in [0.5, 0.6) is 0 Å². The van der Waals surface area contributed by atoms with Crippen LogP contribution in [0.15, 0.2) is 231 Å². The fraction of sp³-hybridized carbons (Fsp3) is 0. The third-order valence-corrected chi connectivity index (χ3v) is 15.6. The van der Waals surface area contributed by atoms with Gasteiger partial charge in [0.25, 0.3) is 0 Å². The average Bonchev–Trinajstić information content (AvgIpc) is 3.91. The van der Waals surface area contributed by atoms with Crippen molar-refractivity contribution in [1.82, 2.24) is 0 Å². The van der Waals surface area contributed by atoms with Crippen LogP contribution in [0.2, 0.25) is 0 Å². The molecule has 0 heterocycles. The number of hydrogen-bond donors (Lipinski definition) is 0. The molecule has 0 atom stereocenters. The van der Waals surface area contributed by atoms with Crippen LogP contribution in [-0.4, -0.2) is 0 Å². The summed E-state index contributed by atoms with van der Waals surface area (Å²) in [4.78, 5) is 0. The molecule has 0 N–H and O–H groups in total. The van der Waals surface area contributed by atoms with Crippen molar-refractivity contribution in [3.63, 3.8) is 0 Å². The second kappa shape index (κ2) is 13.4. The molecule has 0 saturated heterocycles. The van der Waals surface area contributed by atoms with Crippen LogP contribution >= 0.6 is 0 Å². The van der Waals surface area contributed by atoms with Crippen molar-refractivity contribution in [2.75, 3.05) is 0 Å². The van der Waals surface area contributed by atoms with Crippen molar-refractivity contribution in [3.8, 4) is 89.0 Å². The zero-order chi connectivity index (χ0) is 44.2. The maximum Gasteiger partial charge on any atom is -0.000740 e. The van der Waals surface area contributed by atoms with Gasteiger partial charge in [-0.3, -0.25) is 0 Å². The van der Waals surface area contributed by atoms with Crippen LogP contribution in [0, 0.1) is 0 Å². The van der Waals surface area contributed by atoms with Gasteiger partial charge in [0, 0.05) is 0 Å². The highest BCUT2D eigenvalue weighted by atomic mass is 14.4. The molecule has 14 aromatic rings. The van der Waals surface area contributed by atoms with E-state index in [-0.39, 0.29) is 0 Å². The van der Waals surface area contributed by atoms with Crippen LogP contribution in [0.1, 0.15) is 0 Å². The van der Waals surface area contributed by atoms with E-state index < -0.39 is 0 Å². The Morgan fingerprint density at radius 3 is 0.779 bits per heavy atom. The lowest BCUT2D eigenvalue weighted by Gasteiger charge is -2.20. The van der Waals surface area contributed by atoms with E-state index in [0.29, 0.717) is 0 Å². The smallest absolute Gasteiger partial charge is 0.000740 e. The van der Waals surface area contributed by atoms with Gasteiger partial charge in [0.1, 0.15) is 0 Å². The Kier molecular flexibility index (Phi) is 7.16. The fourth-order valence-corrected chi connectivity index (χ4v) is 13.0. The highest BCUT2D eigenvalue weighted by Crippen LogP contribution is 2.61. The Morgan fingerprint density at radius 2 is 0.426 bits per heavy atom. The van der Waals surface area contributed by atoms with E-state index in [1.54, 1.807) is 0 Å². The molecule has 0 fully saturated rings. The summed E-state index contributed by atoms with van der Waals surface area (Å²) >= 11 is 0. The van der Waals surface area contributed by atoms with E-state index in [4.69, 9.17) is 0 Å². The second-order valence-electron chi connectivity index (χ2n) is 18.9. The van der Waals surface area contributed by atoms with Crippen molar-refractivity contribution < 1.29 is 0 Å². The Labute approximate surface area is 393 Å². The quantitative estimate of drug-likeness (QED) is 0.122. The lowest BCUT2D eigenvalue weighted by molar-refractivity contribution is 1.62. The molecule has 0 heteroatoms. The van der Waals surface area contributed by atoms with Gasteiger partial charge in [-0.2, -0.15) is 0 Å². The third kappa shape index (κ3) is 4.64. The lowest BCUT2D eigenvalue weighted by Crippen LogP contribution is -1.93. The molecule has 0 unspecified atom stereocenters. The molecule has 310 valence electrons. The van der Waals surface area contributed by atoms with Crippen LogP contribution in [0.25, 0.3) is 164 Å². The standard InChI is InChI=1S/C68H38/c1-5-17-39(18-6-1)59-43-25-13-14-26-44(43)60(40-19-7-2-8-20-40)58-38-56-52-32-30-48-50-34-36-54-66-53(35-33-49(64(50)66)47-29-31-51(65(52)63(47)48)55(56)37-57(58)59)67-61(41-21-9-3-10-22-41)45-27-15-16-28-46(45)62(68(54)67)42-23-11-4-12-24-42/h1-38H. The van der Waals surface area contributed by atoms with Crippen molar-refractivity contribution in [2.24, 2.45) is 0 Å². The van der Waals surface area contributed by atoms with Crippen molar-refractivity contribution in [3.05, 3.63) is 231 Å². The minimum absolute atomic E-state index is 1.24. The van der Waals surface area contributed by atoms with Gasteiger partial charge < -0.3 is 0 Å². The second-order valence-corrected chi connectivity index (χ2v) is 18.9. The molecular weight excluding hydrogens is 817 g/mol. The van der Waals surface area contributed by atoms with Gasteiger partial charge in [0.15, 0.2) is 0 Å². The molecule has 0 aromatic heterocycles. The Balaban J connectivity index is 1.00. The maximum atomic E-state index is 2.53. The van der Waals surface area contributed by atoms with Gasteiger partial charge in [-0.15, -0.1) is 0 Å². The number of fused-ring (bicyclic) bond motifs is 11. The first-order chi connectivity index (χ1) is 33.8. The van der Waals surface area contributed by atoms with Gasteiger partial charge in [0.2, 0.25) is 0 Å². The first-order valence-electron chi connectivity index (χ1n) is 23.8. The zero-order valence-electron chi connectivity index (χ0n) is 36.9. The maximum absolute atomic E-state index is 2.53. The molecule has 0 radical (unpaired) electrons. The van der Waals surface area contributed by atoms with Crippen LogP contribution in [0.3, 0.4) is 0 Å². The molecule has 0 amide bonds.